The zero-order valence-electron chi connectivity index (χ0n) is 19.2. The van der Waals surface area contributed by atoms with Gasteiger partial charge in [-0.1, -0.05) is 45.4 Å². The van der Waals surface area contributed by atoms with Crippen LogP contribution in [0.4, 0.5) is 11.8 Å². The van der Waals surface area contributed by atoms with Crippen LogP contribution in [0, 0.1) is 5.92 Å². The van der Waals surface area contributed by atoms with Gasteiger partial charge in [0.2, 0.25) is 5.95 Å². The lowest BCUT2D eigenvalue weighted by Gasteiger charge is -2.41. The van der Waals surface area contributed by atoms with Gasteiger partial charge < -0.3 is 10.2 Å². The van der Waals surface area contributed by atoms with Gasteiger partial charge in [-0.05, 0) is 63.5 Å². The molecule has 3 fully saturated rings. The lowest BCUT2D eigenvalue weighted by atomic mass is 9.81. The minimum Gasteiger partial charge on any atom is -0.356 e. The SMILES string of the molecule is CCCC1CCCCC1N1CCCCC(Nc2nccc(N3CCCCCC3)n2)C1. The van der Waals surface area contributed by atoms with E-state index < -0.39 is 0 Å². The van der Waals surface area contributed by atoms with Crippen molar-refractivity contribution in [3.05, 3.63) is 12.3 Å². The molecule has 3 heterocycles. The molecule has 1 aliphatic carbocycles. The Morgan fingerprint density at radius 1 is 0.933 bits per heavy atom. The summed E-state index contributed by atoms with van der Waals surface area (Å²) in [5.74, 6) is 2.85. The number of nitrogens with one attached hydrogen (secondary N) is 1. The molecule has 2 saturated heterocycles. The van der Waals surface area contributed by atoms with E-state index in [1.54, 1.807) is 0 Å². The fourth-order valence-electron chi connectivity index (χ4n) is 6.04. The summed E-state index contributed by atoms with van der Waals surface area (Å²) < 4.78 is 0. The van der Waals surface area contributed by atoms with E-state index in [2.05, 4.69) is 33.1 Å². The summed E-state index contributed by atoms with van der Waals surface area (Å²) in [5, 5.41) is 3.74. The molecule has 0 radical (unpaired) electrons. The van der Waals surface area contributed by atoms with Gasteiger partial charge in [-0.25, -0.2) is 4.98 Å². The number of aromatic nitrogens is 2. The summed E-state index contributed by atoms with van der Waals surface area (Å²) in [6, 6.07) is 3.36. The van der Waals surface area contributed by atoms with E-state index in [0.717, 1.165) is 43.4 Å². The average molecular weight is 414 g/mol. The molecule has 1 aromatic rings. The lowest BCUT2D eigenvalue weighted by molar-refractivity contribution is 0.0989. The molecule has 3 unspecified atom stereocenters. The van der Waals surface area contributed by atoms with Gasteiger partial charge in [0, 0.05) is 37.9 Å². The summed E-state index contributed by atoms with van der Waals surface area (Å²) in [5.41, 5.74) is 0. The molecule has 2 aliphatic heterocycles. The van der Waals surface area contributed by atoms with E-state index in [9.17, 15) is 0 Å². The Hall–Kier alpha value is -1.36. The van der Waals surface area contributed by atoms with Gasteiger partial charge in [0.1, 0.15) is 5.82 Å². The third kappa shape index (κ3) is 5.87. The minimum atomic E-state index is 0.469. The van der Waals surface area contributed by atoms with Crippen molar-refractivity contribution in [3.8, 4) is 0 Å². The second-order valence-electron chi connectivity index (χ2n) is 9.87. The number of hydrogen-bond acceptors (Lipinski definition) is 5. The number of rotatable bonds is 6. The Labute approximate surface area is 184 Å². The molecule has 168 valence electrons. The van der Waals surface area contributed by atoms with Gasteiger partial charge in [-0.15, -0.1) is 0 Å². The molecular formula is C25H43N5. The summed E-state index contributed by atoms with van der Waals surface area (Å²) >= 11 is 0. The summed E-state index contributed by atoms with van der Waals surface area (Å²) in [6.45, 7) is 7.05. The van der Waals surface area contributed by atoms with Crippen molar-refractivity contribution in [1.82, 2.24) is 14.9 Å². The maximum Gasteiger partial charge on any atom is 0.224 e. The van der Waals surface area contributed by atoms with E-state index in [1.807, 2.05) is 6.20 Å². The Balaban J connectivity index is 1.40. The normalized spacial score (nSPS) is 29.2. The Morgan fingerprint density at radius 3 is 2.53 bits per heavy atom. The first kappa shape index (κ1) is 21.9. The van der Waals surface area contributed by atoms with Crippen LogP contribution in [-0.4, -0.2) is 53.1 Å². The monoisotopic (exact) mass is 413 g/mol. The smallest absolute Gasteiger partial charge is 0.224 e. The second-order valence-corrected chi connectivity index (χ2v) is 9.87. The van der Waals surface area contributed by atoms with Crippen molar-refractivity contribution < 1.29 is 0 Å². The predicted molar refractivity (Wildman–Crippen MR) is 126 cm³/mol. The quantitative estimate of drug-likeness (QED) is 0.669. The first-order valence-electron chi connectivity index (χ1n) is 12.9. The van der Waals surface area contributed by atoms with Crippen LogP contribution in [0.3, 0.4) is 0 Å². The van der Waals surface area contributed by atoms with Crippen LogP contribution in [0.5, 0.6) is 0 Å². The third-order valence-electron chi connectivity index (χ3n) is 7.60. The van der Waals surface area contributed by atoms with Crippen molar-refractivity contribution in [1.29, 1.82) is 0 Å². The molecule has 0 aromatic carbocycles. The molecule has 0 spiro atoms. The van der Waals surface area contributed by atoms with Crippen molar-refractivity contribution in [2.75, 3.05) is 36.4 Å². The van der Waals surface area contributed by atoms with Gasteiger partial charge >= 0.3 is 0 Å². The van der Waals surface area contributed by atoms with Crippen LogP contribution in [-0.2, 0) is 0 Å². The molecular weight excluding hydrogens is 370 g/mol. The molecule has 0 amide bonds. The van der Waals surface area contributed by atoms with Crippen molar-refractivity contribution in [2.24, 2.45) is 5.92 Å². The second kappa shape index (κ2) is 11.3. The summed E-state index contributed by atoms with van der Waals surface area (Å²) in [7, 11) is 0. The van der Waals surface area contributed by atoms with Gasteiger partial charge in [0.15, 0.2) is 0 Å². The Bertz CT molecular complexity index is 626. The Morgan fingerprint density at radius 2 is 1.70 bits per heavy atom. The highest BCUT2D eigenvalue weighted by atomic mass is 15.2. The average Bonchev–Trinajstić information content (AvgIpc) is 3.18. The van der Waals surface area contributed by atoms with Crippen molar-refractivity contribution in [3.63, 3.8) is 0 Å². The zero-order chi connectivity index (χ0) is 20.6. The standard InChI is InChI=1S/C25H43N5/c1-2-11-21-12-5-6-14-23(21)30-19-10-7-13-22(20-30)27-25-26-16-15-24(28-25)29-17-8-3-4-9-18-29/h15-16,21-23H,2-14,17-20H2,1H3,(H,26,27,28). The zero-order valence-corrected chi connectivity index (χ0v) is 19.2. The molecule has 1 saturated carbocycles. The molecule has 3 atom stereocenters. The first-order chi connectivity index (χ1) is 14.8. The summed E-state index contributed by atoms with van der Waals surface area (Å²) in [4.78, 5) is 14.8. The molecule has 5 heteroatoms. The predicted octanol–water partition coefficient (Wildman–Crippen LogP) is 5.48. The topological polar surface area (TPSA) is 44.3 Å². The minimum absolute atomic E-state index is 0.469. The van der Waals surface area contributed by atoms with E-state index in [1.165, 1.54) is 90.0 Å². The first-order valence-corrected chi connectivity index (χ1v) is 12.9. The van der Waals surface area contributed by atoms with Crippen molar-refractivity contribution >= 4 is 11.8 Å². The number of nitrogens with zero attached hydrogens (tertiary/aromatic N) is 4. The highest BCUT2D eigenvalue weighted by Gasteiger charge is 2.32. The van der Waals surface area contributed by atoms with Crippen molar-refractivity contribution in [2.45, 2.75) is 102 Å². The van der Waals surface area contributed by atoms with Crippen LogP contribution in [0.15, 0.2) is 12.3 Å². The highest BCUT2D eigenvalue weighted by Crippen LogP contribution is 2.33. The number of anilines is 2. The van der Waals surface area contributed by atoms with Gasteiger partial charge in [0.05, 0.1) is 0 Å². The molecule has 30 heavy (non-hydrogen) atoms. The van der Waals surface area contributed by atoms with E-state index in [4.69, 9.17) is 4.98 Å². The Kier molecular flexibility index (Phi) is 8.24. The maximum absolute atomic E-state index is 4.93. The molecule has 4 rings (SSSR count). The number of hydrogen-bond donors (Lipinski definition) is 1. The molecule has 5 nitrogen and oxygen atoms in total. The van der Waals surface area contributed by atoms with Crippen LogP contribution < -0.4 is 10.2 Å². The lowest BCUT2D eigenvalue weighted by Crippen LogP contribution is -2.46. The molecule has 0 bridgehead atoms. The van der Waals surface area contributed by atoms with Crippen LogP contribution >= 0.6 is 0 Å². The summed E-state index contributed by atoms with van der Waals surface area (Å²) in [6.07, 6.45) is 19.5. The van der Waals surface area contributed by atoms with E-state index in [0.29, 0.717) is 6.04 Å². The maximum atomic E-state index is 4.93. The molecule has 1 N–H and O–H groups in total. The largest absolute Gasteiger partial charge is 0.356 e. The third-order valence-corrected chi connectivity index (χ3v) is 7.60. The van der Waals surface area contributed by atoms with E-state index in [-0.39, 0.29) is 0 Å². The van der Waals surface area contributed by atoms with Crippen LogP contribution in [0.1, 0.15) is 90.4 Å². The molecule has 3 aliphatic rings. The van der Waals surface area contributed by atoms with E-state index >= 15 is 0 Å². The fourth-order valence-corrected chi connectivity index (χ4v) is 6.04. The van der Waals surface area contributed by atoms with Gasteiger partial charge in [0.25, 0.3) is 0 Å². The molecule has 1 aromatic heterocycles. The van der Waals surface area contributed by atoms with Gasteiger partial charge in [-0.3, -0.25) is 4.90 Å². The van der Waals surface area contributed by atoms with Crippen LogP contribution in [0.25, 0.3) is 0 Å². The highest BCUT2D eigenvalue weighted by molar-refractivity contribution is 5.43. The fraction of sp³-hybridized carbons (Fsp3) is 0.840. The number of likely N-dealkylation sites (tertiary alicyclic amines) is 1. The van der Waals surface area contributed by atoms with Gasteiger partial charge in [-0.2, -0.15) is 4.98 Å². The van der Waals surface area contributed by atoms with Crippen LogP contribution in [0.2, 0.25) is 0 Å².